The zero-order valence-electron chi connectivity index (χ0n) is 26.2. The monoisotopic (exact) mass is 732 g/mol. The van der Waals surface area contributed by atoms with E-state index >= 15 is 0 Å². The van der Waals surface area contributed by atoms with Gasteiger partial charge in [0.1, 0.15) is 0 Å². The van der Waals surface area contributed by atoms with Gasteiger partial charge in [-0.05, 0) is 83.0 Å². The topological polar surface area (TPSA) is 63.1 Å². The van der Waals surface area contributed by atoms with Crippen molar-refractivity contribution in [2.75, 3.05) is 0 Å². The van der Waals surface area contributed by atoms with Gasteiger partial charge in [0, 0.05) is 56.3 Å². The van der Waals surface area contributed by atoms with Crippen molar-refractivity contribution in [3.8, 4) is 0 Å². The molecule has 2 aromatic heterocycles. The van der Waals surface area contributed by atoms with Crippen LogP contribution >= 0.6 is 0 Å². The zero-order valence-corrected chi connectivity index (χ0v) is 28.5. The van der Waals surface area contributed by atoms with Crippen LogP contribution in [-0.4, -0.2) is 20.9 Å². The predicted octanol–water partition coefficient (Wildman–Crippen LogP) is 9.61. The van der Waals surface area contributed by atoms with Gasteiger partial charge in [-0.2, -0.15) is 0 Å². The Morgan fingerprint density at radius 1 is 1.00 bits per heavy atom. The van der Waals surface area contributed by atoms with Crippen LogP contribution in [0.5, 0.6) is 0 Å². The maximum absolute atomic E-state index is 11.7. The number of aliphatic hydroxyl groups is 1. The largest absolute Gasteiger partial charge is 0.512 e. The number of carbonyl (C=O) groups is 1. The van der Waals surface area contributed by atoms with Crippen LogP contribution in [0.25, 0.3) is 27.4 Å². The van der Waals surface area contributed by atoms with E-state index in [9.17, 15) is 9.90 Å². The van der Waals surface area contributed by atoms with Gasteiger partial charge in [-0.3, -0.25) is 4.79 Å². The van der Waals surface area contributed by atoms with Gasteiger partial charge in [0.2, 0.25) is 0 Å². The summed E-state index contributed by atoms with van der Waals surface area (Å²) in [6, 6.07) is 11.6. The molecule has 223 valence electrons. The van der Waals surface area contributed by atoms with Crippen molar-refractivity contribution in [2.24, 2.45) is 22.7 Å². The number of aromatic nitrogens is 2. The Morgan fingerprint density at radius 3 is 2.27 bits per heavy atom. The minimum Gasteiger partial charge on any atom is -0.512 e. The molecule has 0 fully saturated rings. The Hall–Kier alpha value is -2.36. The molecule has 0 saturated carbocycles. The van der Waals surface area contributed by atoms with E-state index in [1.807, 2.05) is 46.0 Å². The maximum Gasteiger partial charge on any atom is 0.162 e. The first-order valence-electron chi connectivity index (χ1n) is 15.3. The maximum atomic E-state index is 11.7. The molecule has 1 radical (unpaired) electrons. The standard InChI is InChI=1S/C23H23N2.C13H24O2.Ir/c1-22(2)10-11-23(3,4)20-15-9-12-24-21-14-7-5-6-8-17(14)25-18(19(15)21)13-16(20)22;1-5-10(6-2)12(14)9-13(15)11(7-3)8-4;/h5-6,8-9,12H,10-11,13H2,1-4H3;9-11,14H,5-8H2,1-4H3;/q-1;;/b;12-9-;. The SMILES string of the molecule is CC1(C)CCC(C)(C)C2=C1Cc1nc3ccc[c-]c3c3nccc2c13.CCC(CC)C(=O)/C=C(\O)C(CC)CC.[Ir]. The zero-order chi connectivity index (χ0) is 29.2. The van der Waals surface area contributed by atoms with Crippen LogP contribution in [-0.2, 0) is 31.3 Å². The fraction of sp³-hybridized carbons (Fsp3) is 0.528. The van der Waals surface area contributed by atoms with Crippen molar-refractivity contribution in [3.63, 3.8) is 0 Å². The molecule has 2 aliphatic rings. The van der Waals surface area contributed by atoms with Crippen LogP contribution in [0, 0.1) is 28.7 Å². The molecular formula is C36H47IrN2O2-. The summed E-state index contributed by atoms with van der Waals surface area (Å²) in [4.78, 5) is 21.5. The first-order chi connectivity index (χ1) is 19.0. The molecule has 0 saturated heterocycles. The summed E-state index contributed by atoms with van der Waals surface area (Å²) in [6.45, 7) is 17.7. The van der Waals surface area contributed by atoms with Crippen molar-refractivity contribution in [2.45, 2.75) is 100 Å². The molecule has 1 N–H and O–H groups in total. The van der Waals surface area contributed by atoms with Gasteiger partial charge < -0.3 is 15.1 Å². The van der Waals surface area contributed by atoms with Gasteiger partial charge in [0.25, 0.3) is 0 Å². The van der Waals surface area contributed by atoms with Crippen molar-refractivity contribution >= 4 is 33.2 Å². The minimum absolute atomic E-state index is 0. The van der Waals surface area contributed by atoms with Crippen LogP contribution in [0.1, 0.15) is 105 Å². The van der Waals surface area contributed by atoms with Gasteiger partial charge in [0.05, 0.1) is 5.76 Å². The van der Waals surface area contributed by atoms with E-state index in [0.717, 1.165) is 48.5 Å². The van der Waals surface area contributed by atoms with Crippen LogP contribution < -0.4 is 0 Å². The first kappa shape index (κ1) is 33.1. The van der Waals surface area contributed by atoms with E-state index in [4.69, 9.17) is 9.97 Å². The van der Waals surface area contributed by atoms with Crippen LogP contribution in [0.15, 0.2) is 47.9 Å². The van der Waals surface area contributed by atoms with E-state index in [1.165, 1.54) is 35.6 Å². The van der Waals surface area contributed by atoms with Crippen molar-refractivity contribution in [1.82, 2.24) is 9.97 Å². The van der Waals surface area contributed by atoms with Crippen LogP contribution in [0.3, 0.4) is 0 Å². The second-order valence-corrected chi connectivity index (χ2v) is 12.9. The summed E-state index contributed by atoms with van der Waals surface area (Å²) in [5.41, 5.74) is 8.16. The minimum atomic E-state index is 0. The van der Waals surface area contributed by atoms with Crippen molar-refractivity contribution < 1.29 is 30.0 Å². The molecule has 5 heteroatoms. The number of benzene rings is 1. The summed E-state index contributed by atoms with van der Waals surface area (Å²) in [7, 11) is 0. The molecule has 3 aromatic rings. The molecule has 0 atom stereocenters. The third-order valence-corrected chi connectivity index (χ3v) is 9.43. The number of fused-ring (bicyclic) bond motifs is 3. The Labute approximate surface area is 260 Å². The molecule has 0 amide bonds. The molecular weight excluding hydrogens is 685 g/mol. The second-order valence-electron chi connectivity index (χ2n) is 12.9. The molecule has 4 nitrogen and oxygen atoms in total. The van der Waals surface area contributed by atoms with E-state index < -0.39 is 0 Å². The second kappa shape index (κ2) is 13.3. The van der Waals surface area contributed by atoms with Gasteiger partial charge in [0.15, 0.2) is 5.78 Å². The van der Waals surface area contributed by atoms with Crippen molar-refractivity contribution in [3.05, 3.63) is 65.2 Å². The molecule has 2 aliphatic carbocycles. The third-order valence-electron chi connectivity index (χ3n) is 9.43. The van der Waals surface area contributed by atoms with E-state index in [0.29, 0.717) is 0 Å². The van der Waals surface area contributed by atoms with Crippen molar-refractivity contribution in [1.29, 1.82) is 0 Å². The molecule has 0 spiro atoms. The summed E-state index contributed by atoms with van der Waals surface area (Å²) in [6.07, 6.45) is 10.3. The quantitative estimate of drug-likeness (QED) is 0.114. The number of allylic oxidation sites excluding steroid dienone is 4. The first-order valence-corrected chi connectivity index (χ1v) is 15.3. The fourth-order valence-corrected chi connectivity index (χ4v) is 6.64. The number of hydrogen-bond acceptors (Lipinski definition) is 4. The number of aliphatic hydroxyl groups excluding tert-OH is 1. The molecule has 0 bridgehead atoms. The van der Waals surface area contributed by atoms with Gasteiger partial charge in [-0.25, -0.2) is 0 Å². The van der Waals surface area contributed by atoms with E-state index in [2.05, 4.69) is 45.9 Å². The van der Waals surface area contributed by atoms with Gasteiger partial charge in [-0.15, -0.1) is 24.3 Å². The number of rotatable bonds is 7. The molecule has 1 aromatic carbocycles. The molecule has 0 unspecified atom stereocenters. The average Bonchev–Trinajstić information content (AvgIpc) is 2.93. The number of nitrogens with zero attached hydrogens (tertiary/aromatic N) is 2. The normalized spacial score (nSPS) is 17.3. The summed E-state index contributed by atoms with van der Waals surface area (Å²) in [5.74, 6) is 0.547. The molecule has 2 heterocycles. The molecule has 41 heavy (non-hydrogen) atoms. The fourth-order valence-electron chi connectivity index (χ4n) is 6.64. The Morgan fingerprint density at radius 2 is 1.63 bits per heavy atom. The summed E-state index contributed by atoms with van der Waals surface area (Å²) >= 11 is 0. The Balaban J connectivity index is 0.000000253. The van der Waals surface area contributed by atoms with Crippen LogP contribution in [0.4, 0.5) is 0 Å². The number of carbonyl (C=O) groups excluding carboxylic acids is 1. The Bertz CT molecular complexity index is 1460. The van der Waals surface area contributed by atoms with Gasteiger partial charge >= 0.3 is 0 Å². The number of hydrogen-bond donors (Lipinski definition) is 1. The predicted molar refractivity (Wildman–Crippen MR) is 167 cm³/mol. The molecule has 0 aliphatic heterocycles. The summed E-state index contributed by atoms with van der Waals surface area (Å²) in [5, 5.41) is 12.1. The summed E-state index contributed by atoms with van der Waals surface area (Å²) < 4.78 is 0. The number of pyridine rings is 2. The average molecular weight is 732 g/mol. The van der Waals surface area contributed by atoms with E-state index in [1.54, 1.807) is 11.1 Å². The van der Waals surface area contributed by atoms with Crippen LogP contribution in [0.2, 0.25) is 0 Å². The third kappa shape index (κ3) is 6.52. The Kier molecular flexibility index (Phi) is 10.8. The van der Waals surface area contributed by atoms with E-state index in [-0.39, 0.29) is 54.3 Å². The smallest absolute Gasteiger partial charge is 0.162 e. The number of ketones is 1. The van der Waals surface area contributed by atoms with Gasteiger partial charge in [-0.1, -0.05) is 66.3 Å². The molecule has 5 rings (SSSR count).